The number of H-pyrrole nitrogens is 1. The van der Waals surface area contributed by atoms with Gasteiger partial charge in [0.15, 0.2) is 0 Å². The van der Waals surface area contributed by atoms with Crippen LogP contribution in [-0.2, 0) is 0 Å². The third kappa shape index (κ3) is 3.07. The number of nitrogens with two attached hydrogens (primary N) is 1. The zero-order chi connectivity index (χ0) is 13.8. The van der Waals surface area contributed by atoms with E-state index in [0.717, 1.165) is 16.9 Å². The first-order valence-corrected chi connectivity index (χ1v) is 6.15. The lowest BCUT2D eigenvalue weighted by Gasteiger charge is -2.22. The Balaban J connectivity index is 2.26. The quantitative estimate of drug-likeness (QED) is 0.606. The van der Waals surface area contributed by atoms with Crippen molar-refractivity contribution in [1.82, 2.24) is 4.98 Å². The van der Waals surface area contributed by atoms with Crippen molar-refractivity contribution in [1.29, 1.82) is 0 Å². The van der Waals surface area contributed by atoms with Gasteiger partial charge in [-0.25, -0.2) is 0 Å². The molecule has 0 spiro atoms. The van der Waals surface area contributed by atoms with Gasteiger partial charge < -0.3 is 25.8 Å². The molecule has 0 fully saturated rings. The SMILES string of the molecule is CN(CC(O)CO)c1ccc(N)c(-c2ccc[nH]2)c1. The van der Waals surface area contributed by atoms with Gasteiger partial charge in [0, 0.05) is 42.4 Å². The molecule has 0 saturated heterocycles. The number of aliphatic hydroxyl groups is 2. The van der Waals surface area contributed by atoms with Gasteiger partial charge in [0.25, 0.3) is 0 Å². The molecule has 2 rings (SSSR count). The summed E-state index contributed by atoms with van der Waals surface area (Å²) >= 11 is 0. The van der Waals surface area contributed by atoms with Crippen molar-refractivity contribution in [3.05, 3.63) is 36.5 Å². The van der Waals surface area contributed by atoms with Gasteiger partial charge in [-0.05, 0) is 30.3 Å². The van der Waals surface area contributed by atoms with Crippen molar-refractivity contribution in [2.45, 2.75) is 6.10 Å². The van der Waals surface area contributed by atoms with Crippen molar-refractivity contribution >= 4 is 11.4 Å². The van der Waals surface area contributed by atoms with E-state index in [1.807, 2.05) is 48.5 Å². The summed E-state index contributed by atoms with van der Waals surface area (Å²) in [6.07, 6.45) is 1.09. The molecule has 102 valence electrons. The van der Waals surface area contributed by atoms with Crippen LogP contribution in [0.2, 0.25) is 0 Å². The van der Waals surface area contributed by atoms with Crippen molar-refractivity contribution in [2.75, 3.05) is 30.8 Å². The smallest absolute Gasteiger partial charge is 0.0945 e. The van der Waals surface area contributed by atoms with Crippen LogP contribution in [0.1, 0.15) is 0 Å². The van der Waals surface area contributed by atoms with E-state index in [9.17, 15) is 5.11 Å². The minimum Gasteiger partial charge on any atom is -0.398 e. The van der Waals surface area contributed by atoms with Gasteiger partial charge in [0.05, 0.1) is 12.7 Å². The molecule has 5 heteroatoms. The maximum atomic E-state index is 9.47. The Hall–Kier alpha value is -1.98. The Morgan fingerprint density at radius 3 is 2.79 bits per heavy atom. The van der Waals surface area contributed by atoms with E-state index in [1.54, 1.807) is 0 Å². The van der Waals surface area contributed by atoms with E-state index >= 15 is 0 Å². The normalized spacial score (nSPS) is 12.4. The van der Waals surface area contributed by atoms with Gasteiger partial charge in [0.2, 0.25) is 0 Å². The van der Waals surface area contributed by atoms with E-state index in [4.69, 9.17) is 10.8 Å². The highest BCUT2D eigenvalue weighted by atomic mass is 16.3. The predicted molar refractivity (Wildman–Crippen MR) is 77.0 cm³/mol. The highest BCUT2D eigenvalue weighted by Crippen LogP contribution is 2.28. The molecule has 1 unspecified atom stereocenters. The summed E-state index contributed by atoms with van der Waals surface area (Å²) in [4.78, 5) is 5.01. The predicted octanol–water partition coefficient (Wildman–Crippen LogP) is 1.05. The summed E-state index contributed by atoms with van der Waals surface area (Å²) in [6.45, 7) is 0.118. The number of aromatic nitrogens is 1. The monoisotopic (exact) mass is 261 g/mol. The molecule has 5 N–H and O–H groups in total. The van der Waals surface area contributed by atoms with Gasteiger partial charge in [-0.3, -0.25) is 0 Å². The molecule has 1 aromatic carbocycles. The van der Waals surface area contributed by atoms with Crippen LogP contribution in [0.5, 0.6) is 0 Å². The Kier molecular flexibility index (Phi) is 4.09. The molecule has 0 aliphatic carbocycles. The number of likely N-dealkylation sites (N-methyl/N-ethyl adjacent to an activating group) is 1. The highest BCUT2D eigenvalue weighted by molar-refractivity contribution is 5.77. The number of nitrogens with one attached hydrogen (secondary N) is 1. The highest BCUT2D eigenvalue weighted by Gasteiger charge is 2.10. The Bertz CT molecular complexity index is 525. The average Bonchev–Trinajstić information content (AvgIpc) is 2.92. The van der Waals surface area contributed by atoms with Gasteiger partial charge in [0.1, 0.15) is 0 Å². The summed E-state index contributed by atoms with van der Waals surface area (Å²) in [5.74, 6) is 0. The fourth-order valence-corrected chi connectivity index (χ4v) is 1.99. The van der Waals surface area contributed by atoms with E-state index in [0.29, 0.717) is 12.2 Å². The van der Waals surface area contributed by atoms with Crippen LogP contribution >= 0.6 is 0 Å². The minimum atomic E-state index is -0.753. The van der Waals surface area contributed by atoms with Gasteiger partial charge in [-0.2, -0.15) is 0 Å². The molecule has 1 aromatic heterocycles. The maximum Gasteiger partial charge on any atom is 0.0945 e. The molecule has 0 radical (unpaired) electrons. The fourth-order valence-electron chi connectivity index (χ4n) is 1.99. The maximum absolute atomic E-state index is 9.47. The van der Waals surface area contributed by atoms with Crippen LogP contribution in [0.3, 0.4) is 0 Å². The number of hydrogen-bond donors (Lipinski definition) is 4. The Labute approximate surface area is 112 Å². The van der Waals surface area contributed by atoms with E-state index in [1.165, 1.54) is 0 Å². The van der Waals surface area contributed by atoms with Crippen LogP contribution in [0, 0.1) is 0 Å². The van der Waals surface area contributed by atoms with Crippen molar-refractivity contribution in [3.63, 3.8) is 0 Å². The lowest BCUT2D eigenvalue weighted by atomic mass is 10.1. The molecule has 1 heterocycles. The molecule has 0 amide bonds. The zero-order valence-electron chi connectivity index (χ0n) is 10.9. The molecule has 0 aliphatic heterocycles. The van der Waals surface area contributed by atoms with Crippen molar-refractivity contribution in [3.8, 4) is 11.3 Å². The Morgan fingerprint density at radius 2 is 2.16 bits per heavy atom. The fraction of sp³-hybridized carbons (Fsp3) is 0.286. The molecule has 1 atom stereocenters. The third-order valence-corrected chi connectivity index (χ3v) is 3.06. The minimum absolute atomic E-state index is 0.247. The summed E-state index contributed by atoms with van der Waals surface area (Å²) in [7, 11) is 1.86. The number of anilines is 2. The molecule has 19 heavy (non-hydrogen) atoms. The van der Waals surface area contributed by atoms with Crippen molar-refractivity contribution in [2.24, 2.45) is 0 Å². The number of nitrogen functional groups attached to an aromatic ring is 1. The van der Waals surface area contributed by atoms with E-state index in [-0.39, 0.29) is 6.61 Å². The van der Waals surface area contributed by atoms with Crippen molar-refractivity contribution < 1.29 is 10.2 Å². The lowest BCUT2D eigenvalue weighted by molar-refractivity contribution is 0.101. The molecule has 5 nitrogen and oxygen atoms in total. The standard InChI is InChI=1S/C14H19N3O2/c1-17(8-11(19)9-18)10-4-5-13(15)12(7-10)14-3-2-6-16-14/h2-7,11,16,18-19H,8-9,15H2,1H3. The van der Waals surface area contributed by atoms with Crippen LogP contribution < -0.4 is 10.6 Å². The van der Waals surface area contributed by atoms with E-state index < -0.39 is 6.10 Å². The average molecular weight is 261 g/mol. The van der Waals surface area contributed by atoms with Crippen LogP contribution in [0.25, 0.3) is 11.3 Å². The molecular weight excluding hydrogens is 242 g/mol. The topological polar surface area (TPSA) is 85.5 Å². The lowest BCUT2D eigenvalue weighted by Crippen LogP contribution is -2.31. The summed E-state index contributed by atoms with van der Waals surface area (Å²) in [5, 5.41) is 18.4. The molecule has 0 saturated carbocycles. The first-order valence-electron chi connectivity index (χ1n) is 6.15. The number of nitrogens with zero attached hydrogens (tertiary/aromatic N) is 1. The summed E-state index contributed by atoms with van der Waals surface area (Å²) < 4.78 is 0. The van der Waals surface area contributed by atoms with Gasteiger partial charge >= 0.3 is 0 Å². The molecule has 0 bridgehead atoms. The zero-order valence-corrected chi connectivity index (χ0v) is 10.9. The first-order chi connectivity index (χ1) is 9.11. The number of aliphatic hydroxyl groups excluding tert-OH is 2. The summed E-state index contributed by atoms with van der Waals surface area (Å²) in [5.41, 5.74) is 9.49. The molecule has 2 aromatic rings. The Morgan fingerprint density at radius 1 is 1.37 bits per heavy atom. The first kappa shape index (κ1) is 13.5. The van der Waals surface area contributed by atoms with Crippen LogP contribution in [-0.4, -0.2) is 41.5 Å². The second kappa shape index (κ2) is 5.77. The second-order valence-corrected chi connectivity index (χ2v) is 4.57. The largest absolute Gasteiger partial charge is 0.398 e. The number of hydrogen-bond acceptors (Lipinski definition) is 4. The number of rotatable bonds is 5. The van der Waals surface area contributed by atoms with E-state index in [2.05, 4.69) is 4.98 Å². The number of benzene rings is 1. The third-order valence-electron chi connectivity index (χ3n) is 3.06. The van der Waals surface area contributed by atoms with Crippen LogP contribution in [0.4, 0.5) is 11.4 Å². The van der Waals surface area contributed by atoms with Gasteiger partial charge in [-0.1, -0.05) is 0 Å². The molecule has 0 aliphatic rings. The summed E-state index contributed by atoms with van der Waals surface area (Å²) in [6, 6.07) is 9.57. The second-order valence-electron chi connectivity index (χ2n) is 4.57. The van der Waals surface area contributed by atoms with Gasteiger partial charge in [-0.15, -0.1) is 0 Å². The molecular formula is C14H19N3O2. The number of aromatic amines is 1. The van der Waals surface area contributed by atoms with Crippen LogP contribution in [0.15, 0.2) is 36.5 Å².